The molecule has 1 aromatic rings. The van der Waals surface area contributed by atoms with Crippen molar-refractivity contribution in [2.75, 3.05) is 13.2 Å². The average Bonchev–Trinajstić information content (AvgIpc) is 3.04. The third-order valence-electron chi connectivity index (χ3n) is 4.31. The summed E-state index contributed by atoms with van der Waals surface area (Å²) in [6.07, 6.45) is 3.52. The summed E-state index contributed by atoms with van der Waals surface area (Å²) in [5.41, 5.74) is 2.52. The molecule has 1 aromatic heterocycles. The van der Waals surface area contributed by atoms with Gasteiger partial charge in [-0.1, -0.05) is 20.8 Å². The van der Waals surface area contributed by atoms with Gasteiger partial charge in [-0.15, -0.1) is 0 Å². The second-order valence-electron chi connectivity index (χ2n) is 5.77. The van der Waals surface area contributed by atoms with Crippen molar-refractivity contribution < 1.29 is 4.74 Å². The smallest absolute Gasteiger partial charge is 0.0758 e. The third kappa shape index (κ3) is 3.41. The topological polar surface area (TPSA) is 39.1 Å². The number of rotatable bonds is 7. The van der Waals surface area contributed by atoms with Crippen molar-refractivity contribution in [3.8, 4) is 0 Å². The molecule has 0 saturated carbocycles. The molecule has 1 N–H and O–H groups in total. The Labute approximate surface area is 122 Å². The van der Waals surface area contributed by atoms with Gasteiger partial charge in [0.25, 0.3) is 0 Å². The van der Waals surface area contributed by atoms with Gasteiger partial charge in [-0.05, 0) is 38.3 Å². The van der Waals surface area contributed by atoms with Crippen LogP contribution in [-0.2, 0) is 24.1 Å². The van der Waals surface area contributed by atoms with Crippen LogP contribution >= 0.6 is 0 Å². The molecule has 20 heavy (non-hydrogen) atoms. The van der Waals surface area contributed by atoms with Crippen LogP contribution in [-0.4, -0.2) is 35.1 Å². The second kappa shape index (κ2) is 7.23. The highest BCUT2D eigenvalue weighted by molar-refractivity contribution is 5.13. The minimum absolute atomic E-state index is 0.334. The first kappa shape index (κ1) is 15.5. The van der Waals surface area contributed by atoms with Crippen LogP contribution in [0.1, 0.15) is 45.5 Å². The van der Waals surface area contributed by atoms with Crippen LogP contribution in [0.25, 0.3) is 0 Å². The summed E-state index contributed by atoms with van der Waals surface area (Å²) in [4.78, 5) is 0. The van der Waals surface area contributed by atoms with Crippen molar-refractivity contribution in [2.24, 2.45) is 5.92 Å². The predicted molar refractivity (Wildman–Crippen MR) is 82.0 cm³/mol. The first-order chi connectivity index (χ1) is 9.69. The zero-order valence-electron chi connectivity index (χ0n) is 13.4. The molecule has 3 atom stereocenters. The van der Waals surface area contributed by atoms with Crippen LogP contribution in [0.2, 0.25) is 0 Å². The van der Waals surface area contributed by atoms with Crippen LogP contribution in [0.4, 0.5) is 0 Å². The molecular formula is C16H29N3O. The molecule has 1 aliphatic rings. The van der Waals surface area contributed by atoms with E-state index < -0.39 is 0 Å². The monoisotopic (exact) mass is 279 g/mol. The number of hydrogen-bond donors (Lipinski definition) is 1. The molecule has 0 radical (unpaired) electrons. The maximum Gasteiger partial charge on any atom is 0.0758 e. The van der Waals surface area contributed by atoms with Crippen molar-refractivity contribution in [1.82, 2.24) is 15.1 Å². The van der Waals surface area contributed by atoms with E-state index in [0.29, 0.717) is 18.1 Å². The number of ether oxygens (including phenoxy) is 1. The van der Waals surface area contributed by atoms with Crippen LogP contribution in [0.3, 0.4) is 0 Å². The highest BCUT2D eigenvalue weighted by Gasteiger charge is 2.32. The van der Waals surface area contributed by atoms with Gasteiger partial charge in [0.15, 0.2) is 0 Å². The Kier molecular flexibility index (Phi) is 5.61. The maximum atomic E-state index is 5.97. The fourth-order valence-electron chi connectivity index (χ4n) is 3.15. The van der Waals surface area contributed by atoms with E-state index in [1.165, 1.54) is 17.8 Å². The van der Waals surface area contributed by atoms with Gasteiger partial charge < -0.3 is 10.1 Å². The summed E-state index contributed by atoms with van der Waals surface area (Å²) in [5.74, 6) is 0.641. The molecule has 4 heteroatoms. The quantitative estimate of drug-likeness (QED) is 0.833. The van der Waals surface area contributed by atoms with Gasteiger partial charge in [-0.3, -0.25) is 4.68 Å². The van der Waals surface area contributed by atoms with Crippen molar-refractivity contribution in [3.63, 3.8) is 0 Å². The Bertz CT molecular complexity index is 416. The Hall–Kier alpha value is -0.870. The van der Waals surface area contributed by atoms with Gasteiger partial charge >= 0.3 is 0 Å². The molecule has 2 rings (SSSR count). The standard InChI is InChI=1S/C16H29N3O/c1-5-13-10-14(19(7-3)18-13)11-15(17-6-2)16-12(4)8-9-20-16/h10,12,15-17H,5-9,11H2,1-4H3. The minimum atomic E-state index is 0.334. The summed E-state index contributed by atoms with van der Waals surface area (Å²) >= 11 is 0. The van der Waals surface area contributed by atoms with Crippen LogP contribution < -0.4 is 5.32 Å². The first-order valence-corrected chi connectivity index (χ1v) is 8.10. The van der Waals surface area contributed by atoms with Gasteiger partial charge in [0.2, 0.25) is 0 Å². The number of aromatic nitrogens is 2. The van der Waals surface area contributed by atoms with Crippen molar-refractivity contribution >= 4 is 0 Å². The summed E-state index contributed by atoms with van der Waals surface area (Å²) < 4.78 is 8.11. The van der Waals surface area contributed by atoms with Crippen LogP contribution in [0, 0.1) is 5.92 Å². The Balaban J connectivity index is 2.12. The second-order valence-corrected chi connectivity index (χ2v) is 5.77. The van der Waals surface area contributed by atoms with E-state index in [-0.39, 0.29) is 0 Å². The van der Waals surface area contributed by atoms with Crippen LogP contribution in [0.5, 0.6) is 0 Å². The maximum absolute atomic E-state index is 5.97. The fraction of sp³-hybridized carbons (Fsp3) is 0.812. The van der Waals surface area contributed by atoms with Crippen molar-refractivity contribution in [3.05, 3.63) is 17.5 Å². The molecule has 1 fully saturated rings. The van der Waals surface area contributed by atoms with E-state index in [1.807, 2.05) is 0 Å². The number of nitrogens with zero attached hydrogens (tertiary/aromatic N) is 2. The van der Waals surface area contributed by atoms with E-state index >= 15 is 0 Å². The molecule has 2 heterocycles. The van der Waals surface area contributed by atoms with Crippen molar-refractivity contribution in [1.29, 1.82) is 0 Å². The third-order valence-corrected chi connectivity index (χ3v) is 4.31. The molecule has 114 valence electrons. The largest absolute Gasteiger partial charge is 0.376 e. The summed E-state index contributed by atoms with van der Waals surface area (Å²) in [6.45, 7) is 11.6. The van der Waals surface area contributed by atoms with Gasteiger partial charge in [-0.2, -0.15) is 5.10 Å². The number of nitrogens with one attached hydrogen (secondary N) is 1. The van der Waals surface area contributed by atoms with Gasteiger partial charge in [0, 0.05) is 31.3 Å². The molecule has 0 spiro atoms. The highest BCUT2D eigenvalue weighted by Crippen LogP contribution is 2.25. The highest BCUT2D eigenvalue weighted by atomic mass is 16.5. The van der Waals surface area contributed by atoms with Gasteiger partial charge in [-0.25, -0.2) is 0 Å². The molecule has 0 aliphatic carbocycles. The fourth-order valence-corrected chi connectivity index (χ4v) is 3.15. The molecule has 1 saturated heterocycles. The molecule has 1 aliphatic heterocycles. The molecule has 0 aromatic carbocycles. The lowest BCUT2D eigenvalue weighted by atomic mass is 9.94. The summed E-state index contributed by atoms with van der Waals surface area (Å²) in [5, 5.41) is 8.27. The van der Waals surface area contributed by atoms with E-state index in [2.05, 4.69) is 48.9 Å². The lowest BCUT2D eigenvalue weighted by Crippen LogP contribution is -2.44. The zero-order chi connectivity index (χ0) is 14.5. The van der Waals surface area contributed by atoms with Gasteiger partial charge in [0.05, 0.1) is 11.8 Å². The SMILES string of the molecule is CCNC(Cc1cc(CC)nn1CC)C1OCCC1C. The molecular weight excluding hydrogens is 250 g/mol. The Morgan fingerprint density at radius 2 is 2.25 bits per heavy atom. The predicted octanol–water partition coefficient (Wildman–Crippen LogP) is 2.41. The normalized spacial score (nSPS) is 24.2. The first-order valence-electron chi connectivity index (χ1n) is 8.10. The zero-order valence-corrected chi connectivity index (χ0v) is 13.4. The summed E-state index contributed by atoms with van der Waals surface area (Å²) in [6, 6.07) is 2.65. The molecule has 4 nitrogen and oxygen atoms in total. The lowest BCUT2D eigenvalue weighted by molar-refractivity contribution is 0.0609. The Morgan fingerprint density at radius 1 is 1.45 bits per heavy atom. The molecule has 3 unspecified atom stereocenters. The van der Waals surface area contributed by atoms with E-state index in [0.717, 1.165) is 32.5 Å². The lowest BCUT2D eigenvalue weighted by Gasteiger charge is -2.27. The number of likely N-dealkylation sites (N-methyl/N-ethyl adjacent to an activating group) is 1. The number of hydrogen-bond acceptors (Lipinski definition) is 3. The van der Waals surface area contributed by atoms with E-state index in [9.17, 15) is 0 Å². The molecule has 0 bridgehead atoms. The number of aryl methyl sites for hydroxylation is 2. The van der Waals surface area contributed by atoms with E-state index in [1.54, 1.807) is 0 Å². The summed E-state index contributed by atoms with van der Waals surface area (Å²) in [7, 11) is 0. The molecule has 0 amide bonds. The average molecular weight is 279 g/mol. The van der Waals surface area contributed by atoms with Crippen LogP contribution in [0.15, 0.2) is 6.07 Å². The minimum Gasteiger partial charge on any atom is -0.376 e. The Morgan fingerprint density at radius 3 is 2.80 bits per heavy atom. The van der Waals surface area contributed by atoms with Gasteiger partial charge in [0.1, 0.15) is 0 Å². The van der Waals surface area contributed by atoms with Crippen molar-refractivity contribution in [2.45, 2.75) is 65.6 Å². The van der Waals surface area contributed by atoms with E-state index in [4.69, 9.17) is 4.74 Å².